The van der Waals surface area contributed by atoms with E-state index in [2.05, 4.69) is 48.2 Å². The summed E-state index contributed by atoms with van der Waals surface area (Å²) in [5, 5.41) is 0. The van der Waals surface area contributed by atoms with E-state index in [1.807, 2.05) is 47.4 Å². The van der Waals surface area contributed by atoms with Crippen molar-refractivity contribution in [1.29, 1.82) is 0 Å². The van der Waals surface area contributed by atoms with Crippen molar-refractivity contribution >= 4 is 5.91 Å². The Morgan fingerprint density at radius 2 is 1.36 bits per heavy atom. The monoisotopic (exact) mass is 370 g/mol. The summed E-state index contributed by atoms with van der Waals surface area (Å²) < 4.78 is 0. The van der Waals surface area contributed by atoms with Gasteiger partial charge in [-0.1, -0.05) is 72.3 Å². The minimum atomic E-state index is 0.134. The van der Waals surface area contributed by atoms with Gasteiger partial charge in [-0.05, 0) is 35.7 Å². The second-order valence-corrected chi connectivity index (χ2v) is 7.50. The van der Waals surface area contributed by atoms with Crippen LogP contribution in [0.25, 0.3) is 11.1 Å². The first-order valence-corrected chi connectivity index (χ1v) is 9.92. The van der Waals surface area contributed by atoms with Crippen molar-refractivity contribution in [3.05, 3.63) is 95.6 Å². The van der Waals surface area contributed by atoms with Crippen LogP contribution in [0.1, 0.15) is 21.5 Å². The molecule has 3 aromatic rings. The molecule has 0 atom stereocenters. The van der Waals surface area contributed by atoms with Gasteiger partial charge in [0.1, 0.15) is 0 Å². The van der Waals surface area contributed by atoms with Gasteiger partial charge in [0.25, 0.3) is 5.91 Å². The van der Waals surface area contributed by atoms with Gasteiger partial charge in [0.2, 0.25) is 0 Å². The van der Waals surface area contributed by atoms with Crippen molar-refractivity contribution < 1.29 is 4.79 Å². The van der Waals surface area contributed by atoms with Crippen molar-refractivity contribution in [1.82, 2.24) is 9.80 Å². The Kier molecular flexibility index (Phi) is 5.54. The van der Waals surface area contributed by atoms with Crippen LogP contribution in [0.5, 0.6) is 0 Å². The summed E-state index contributed by atoms with van der Waals surface area (Å²) in [6, 6.07) is 26.9. The fourth-order valence-corrected chi connectivity index (χ4v) is 3.68. The third-order valence-electron chi connectivity index (χ3n) is 5.43. The summed E-state index contributed by atoms with van der Waals surface area (Å²) in [7, 11) is 0. The van der Waals surface area contributed by atoms with Crippen molar-refractivity contribution in [2.45, 2.75) is 13.5 Å². The maximum Gasteiger partial charge on any atom is 0.253 e. The average Bonchev–Trinajstić information content (AvgIpc) is 2.76. The number of amides is 1. The molecule has 0 aliphatic carbocycles. The molecule has 1 heterocycles. The maximum atomic E-state index is 12.9. The zero-order valence-electron chi connectivity index (χ0n) is 16.3. The largest absolute Gasteiger partial charge is 0.336 e. The van der Waals surface area contributed by atoms with Gasteiger partial charge < -0.3 is 4.90 Å². The predicted molar refractivity (Wildman–Crippen MR) is 114 cm³/mol. The van der Waals surface area contributed by atoms with E-state index >= 15 is 0 Å². The highest BCUT2D eigenvalue weighted by Gasteiger charge is 2.22. The summed E-state index contributed by atoms with van der Waals surface area (Å²) in [5.74, 6) is 0.134. The van der Waals surface area contributed by atoms with Crippen molar-refractivity contribution in [2.24, 2.45) is 0 Å². The normalized spacial score (nSPS) is 14.8. The highest BCUT2D eigenvalue weighted by atomic mass is 16.2. The Bertz CT molecular complexity index is 909. The smallest absolute Gasteiger partial charge is 0.253 e. The molecule has 0 saturated carbocycles. The Balaban J connectivity index is 1.34. The Morgan fingerprint density at radius 1 is 0.750 bits per heavy atom. The molecule has 0 spiro atoms. The van der Waals surface area contributed by atoms with E-state index in [-0.39, 0.29) is 5.91 Å². The van der Waals surface area contributed by atoms with Gasteiger partial charge in [0.15, 0.2) is 0 Å². The van der Waals surface area contributed by atoms with E-state index in [0.717, 1.165) is 43.9 Å². The molecule has 142 valence electrons. The number of benzene rings is 3. The van der Waals surface area contributed by atoms with Crippen LogP contribution in [-0.4, -0.2) is 41.9 Å². The van der Waals surface area contributed by atoms with Crippen LogP contribution in [0.4, 0.5) is 0 Å². The lowest BCUT2D eigenvalue weighted by Gasteiger charge is -2.34. The van der Waals surface area contributed by atoms with Crippen LogP contribution < -0.4 is 0 Å². The fourth-order valence-electron chi connectivity index (χ4n) is 3.68. The third kappa shape index (κ3) is 4.32. The van der Waals surface area contributed by atoms with Gasteiger partial charge in [-0.15, -0.1) is 0 Å². The zero-order valence-corrected chi connectivity index (χ0v) is 16.3. The SMILES string of the molecule is Cc1ccc(CN2CCN(C(=O)c3ccc(-c4ccccc4)cc3)CC2)cc1. The first kappa shape index (κ1) is 18.5. The van der Waals surface area contributed by atoms with E-state index < -0.39 is 0 Å². The highest BCUT2D eigenvalue weighted by Crippen LogP contribution is 2.20. The number of hydrogen-bond donors (Lipinski definition) is 0. The number of carbonyl (C=O) groups is 1. The van der Waals surface area contributed by atoms with Gasteiger partial charge >= 0.3 is 0 Å². The molecule has 1 amide bonds. The molecule has 1 aliphatic heterocycles. The van der Waals surface area contributed by atoms with Crippen molar-refractivity contribution in [3.8, 4) is 11.1 Å². The molecule has 1 saturated heterocycles. The second-order valence-electron chi connectivity index (χ2n) is 7.50. The number of hydrogen-bond acceptors (Lipinski definition) is 2. The topological polar surface area (TPSA) is 23.6 Å². The standard InChI is InChI=1S/C25H26N2O/c1-20-7-9-21(10-8-20)19-26-15-17-27(18-16-26)25(28)24-13-11-23(12-14-24)22-5-3-2-4-6-22/h2-14H,15-19H2,1H3. The first-order chi connectivity index (χ1) is 13.7. The van der Waals surface area contributed by atoms with Crippen LogP contribution in [0.15, 0.2) is 78.9 Å². The quantitative estimate of drug-likeness (QED) is 0.669. The fraction of sp³-hybridized carbons (Fsp3) is 0.240. The number of rotatable bonds is 4. The van der Waals surface area contributed by atoms with Crippen molar-refractivity contribution in [2.75, 3.05) is 26.2 Å². The Hall–Kier alpha value is -2.91. The van der Waals surface area contributed by atoms with E-state index in [0.29, 0.717) is 0 Å². The summed E-state index contributed by atoms with van der Waals surface area (Å²) in [4.78, 5) is 17.3. The lowest BCUT2D eigenvalue weighted by molar-refractivity contribution is 0.0628. The van der Waals surface area contributed by atoms with Crippen LogP contribution in [0, 0.1) is 6.92 Å². The summed E-state index contributed by atoms with van der Waals surface area (Å²) >= 11 is 0. The Morgan fingerprint density at radius 3 is 2.00 bits per heavy atom. The molecule has 0 unspecified atom stereocenters. The molecule has 0 aromatic heterocycles. The van der Waals surface area contributed by atoms with Gasteiger partial charge in [0.05, 0.1) is 0 Å². The molecule has 1 fully saturated rings. The van der Waals surface area contributed by atoms with E-state index in [4.69, 9.17) is 0 Å². The van der Waals surface area contributed by atoms with E-state index in [9.17, 15) is 4.79 Å². The summed E-state index contributed by atoms with van der Waals surface area (Å²) in [5.41, 5.74) is 5.71. The number of piperazine rings is 1. The van der Waals surface area contributed by atoms with Crippen LogP contribution in [0.2, 0.25) is 0 Å². The number of nitrogens with zero attached hydrogens (tertiary/aromatic N) is 2. The average molecular weight is 370 g/mol. The third-order valence-corrected chi connectivity index (χ3v) is 5.43. The molecule has 0 radical (unpaired) electrons. The molecular weight excluding hydrogens is 344 g/mol. The van der Waals surface area contributed by atoms with Crippen molar-refractivity contribution in [3.63, 3.8) is 0 Å². The maximum absolute atomic E-state index is 12.9. The molecule has 3 nitrogen and oxygen atoms in total. The highest BCUT2D eigenvalue weighted by molar-refractivity contribution is 5.94. The lowest BCUT2D eigenvalue weighted by atomic mass is 10.0. The summed E-state index contributed by atoms with van der Waals surface area (Å²) in [6.45, 7) is 6.47. The summed E-state index contributed by atoms with van der Waals surface area (Å²) in [6.07, 6.45) is 0. The molecule has 3 aromatic carbocycles. The molecular formula is C25H26N2O. The Labute approximate surface area is 167 Å². The van der Waals surface area contributed by atoms with Gasteiger partial charge in [-0.25, -0.2) is 0 Å². The first-order valence-electron chi connectivity index (χ1n) is 9.92. The number of carbonyl (C=O) groups excluding carboxylic acids is 1. The van der Waals surface area contributed by atoms with E-state index in [1.54, 1.807) is 0 Å². The van der Waals surface area contributed by atoms with Crippen LogP contribution in [-0.2, 0) is 6.54 Å². The minimum Gasteiger partial charge on any atom is -0.336 e. The molecule has 28 heavy (non-hydrogen) atoms. The molecule has 1 aliphatic rings. The van der Waals surface area contributed by atoms with E-state index in [1.165, 1.54) is 16.7 Å². The zero-order chi connectivity index (χ0) is 19.3. The minimum absolute atomic E-state index is 0.134. The van der Waals surface area contributed by atoms with Gasteiger partial charge in [-0.2, -0.15) is 0 Å². The van der Waals surface area contributed by atoms with Gasteiger partial charge in [0, 0.05) is 38.3 Å². The molecule has 4 rings (SSSR count). The predicted octanol–water partition coefficient (Wildman–Crippen LogP) is 4.62. The second kappa shape index (κ2) is 8.41. The lowest BCUT2D eigenvalue weighted by Crippen LogP contribution is -2.48. The van der Waals surface area contributed by atoms with Crippen LogP contribution >= 0.6 is 0 Å². The van der Waals surface area contributed by atoms with Crippen LogP contribution in [0.3, 0.4) is 0 Å². The molecule has 3 heteroatoms. The molecule has 0 N–H and O–H groups in total. The number of aryl methyl sites for hydroxylation is 1. The molecule has 0 bridgehead atoms. The van der Waals surface area contributed by atoms with Gasteiger partial charge in [-0.3, -0.25) is 9.69 Å².